The molecule has 3 rings (SSSR count). The van der Waals surface area contributed by atoms with Crippen molar-refractivity contribution < 1.29 is 13.5 Å². The molecule has 6 heteroatoms. The van der Waals surface area contributed by atoms with E-state index in [0.717, 1.165) is 5.39 Å². The van der Waals surface area contributed by atoms with E-state index in [-0.39, 0.29) is 17.0 Å². The summed E-state index contributed by atoms with van der Waals surface area (Å²) in [5.41, 5.74) is 0. The minimum Gasteiger partial charge on any atom is -0.393 e. The van der Waals surface area contributed by atoms with Gasteiger partial charge in [0.05, 0.1) is 11.0 Å². The van der Waals surface area contributed by atoms with Gasteiger partial charge >= 0.3 is 0 Å². The van der Waals surface area contributed by atoms with Crippen LogP contribution >= 0.6 is 0 Å². The Morgan fingerprint density at radius 2 is 1.90 bits per heavy atom. The van der Waals surface area contributed by atoms with Gasteiger partial charge in [0, 0.05) is 29.2 Å². The number of aliphatic hydroxyl groups excluding tert-OH is 1. The maximum atomic E-state index is 12.6. The smallest absolute Gasteiger partial charge is 0.241 e. The third-order valence-electron chi connectivity index (χ3n) is 3.95. The maximum Gasteiger partial charge on any atom is 0.241 e. The second-order valence-electron chi connectivity index (χ2n) is 5.48. The standard InChI is InChI=1S/C15H18N2O3S/c18-13-6-4-12(5-7-13)17-21(19,20)15-3-1-2-11-10-16-9-8-14(11)15/h1-3,8-10,12-13,17-18H,4-7H2. The molecule has 0 aliphatic heterocycles. The van der Waals surface area contributed by atoms with E-state index >= 15 is 0 Å². The van der Waals surface area contributed by atoms with Crippen LogP contribution in [-0.2, 0) is 10.0 Å². The van der Waals surface area contributed by atoms with Crippen LogP contribution in [0.5, 0.6) is 0 Å². The predicted octanol–water partition coefficient (Wildman–Crippen LogP) is 1.82. The lowest BCUT2D eigenvalue weighted by atomic mass is 9.94. The van der Waals surface area contributed by atoms with Crippen molar-refractivity contribution in [2.75, 3.05) is 0 Å². The highest BCUT2D eigenvalue weighted by atomic mass is 32.2. The summed E-state index contributed by atoms with van der Waals surface area (Å²) >= 11 is 0. The van der Waals surface area contributed by atoms with Crippen LogP contribution in [0.4, 0.5) is 0 Å². The molecule has 1 aromatic heterocycles. The molecule has 1 aliphatic carbocycles. The molecule has 0 radical (unpaired) electrons. The molecule has 1 heterocycles. The molecule has 0 atom stereocenters. The third kappa shape index (κ3) is 3.07. The first-order chi connectivity index (χ1) is 10.1. The second kappa shape index (κ2) is 5.71. The van der Waals surface area contributed by atoms with Crippen molar-refractivity contribution in [2.24, 2.45) is 0 Å². The Bertz CT molecular complexity index is 732. The molecule has 5 nitrogen and oxygen atoms in total. The Morgan fingerprint density at radius 3 is 2.67 bits per heavy atom. The summed E-state index contributed by atoms with van der Waals surface area (Å²) in [5.74, 6) is 0. The monoisotopic (exact) mass is 306 g/mol. The molecule has 21 heavy (non-hydrogen) atoms. The molecule has 1 aliphatic rings. The second-order valence-corrected chi connectivity index (χ2v) is 7.16. The molecule has 0 saturated heterocycles. The van der Waals surface area contributed by atoms with Crippen molar-refractivity contribution in [3.05, 3.63) is 36.7 Å². The normalized spacial score (nSPS) is 23.3. The van der Waals surface area contributed by atoms with Crippen LogP contribution in [0, 0.1) is 0 Å². The lowest BCUT2D eigenvalue weighted by Gasteiger charge is -2.26. The van der Waals surface area contributed by atoms with E-state index in [1.165, 1.54) is 0 Å². The van der Waals surface area contributed by atoms with Gasteiger partial charge in [0.25, 0.3) is 0 Å². The van der Waals surface area contributed by atoms with Gasteiger partial charge in [0.2, 0.25) is 10.0 Å². The summed E-state index contributed by atoms with van der Waals surface area (Å²) in [5, 5.41) is 11.0. The summed E-state index contributed by atoms with van der Waals surface area (Å²) in [6.07, 6.45) is 5.59. The molecular weight excluding hydrogens is 288 g/mol. The zero-order valence-electron chi connectivity index (χ0n) is 11.6. The van der Waals surface area contributed by atoms with Crippen LogP contribution in [0.1, 0.15) is 25.7 Å². The largest absolute Gasteiger partial charge is 0.393 e. The molecule has 112 valence electrons. The van der Waals surface area contributed by atoms with Gasteiger partial charge in [-0.2, -0.15) is 0 Å². The van der Waals surface area contributed by atoms with E-state index in [1.54, 1.807) is 30.6 Å². The number of hydrogen-bond donors (Lipinski definition) is 2. The number of nitrogens with one attached hydrogen (secondary N) is 1. The molecule has 0 unspecified atom stereocenters. The number of sulfonamides is 1. The fourth-order valence-electron chi connectivity index (χ4n) is 2.80. The highest BCUT2D eigenvalue weighted by Crippen LogP contribution is 2.24. The van der Waals surface area contributed by atoms with Crippen molar-refractivity contribution in [1.82, 2.24) is 9.71 Å². The molecule has 1 aromatic carbocycles. The summed E-state index contributed by atoms with van der Waals surface area (Å²) in [6, 6.07) is 6.80. The number of fused-ring (bicyclic) bond motifs is 1. The minimum atomic E-state index is -3.56. The average Bonchev–Trinajstić information content (AvgIpc) is 2.49. The predicted molar refractivity (Wildman–Crippen MR) is 80.3 cm³/mol. The van der Waals surface area contributed by atoms with Gasteiger partial charge in [-0.25, -0.2) is 13.1 Å². The van der Waals surface area contributed by atoms with Crippen molar-refractivity contribution in [3.63, 3.8) is 0 Å². The summed E-state index contributed by atoms with van der Waals surface area (Å²) in [7, 11) is -3.56. The van der Waals surface area contributed by atoms with Crippen molar-refractivity contribution in [2.45, 2.75) is 42.7 Å². The molecule has 0 amide bonds. The topological polar surface area (TPSA) is 79.3 Å². The average molecular weight is 306 g/mol. The minimum absolute atomic E-state index is 0.101. The molecule has 1 saturated carbocycles. The van der Waals surface area contributed by atoms with Gasteiger partial charge < -0.3 is 5.11 Å². The van der Waals surface area contributed by atoms with Gasteiger partial charge in [-0.1, -0.05) is 12.1 Å². The van der Waals surface area contributed by atoms with Crippen molar-refractivity contribution in [1.29, 1.82) is 0 Å². The zero-order valence-corrected chi connectivity index (χ0v) is 12.4. The van der Waals surface area contributed by atoms with Gasteiger partial charge in [0.1, 0.15) is 0 Å². The van der Waals surface area contributed by atoms with Gasteiger partial charge in [-0.3, -0.25) is 4.98 Å². The van der Waals surface area contributed by atoms with Gasteiger partial charge in [-0.05, 0) is 37.8 Å². The molecular formula is C15H18N2O3S. The number of aromatic nitrogens is 1. The van der Waals surface area contributed by atoms with E-state index in [0.29, 0.717) is 31.1 Å². The summed E-state index contributed by atoms with van der Waals surface area (Å²) in [4.78, 5) is 4.30. The number of pyridine rings is 1. The first-order valence-corrected chi connectivity index (χ1v) is 8.58. The van der Waals surface area contributed by atoms with Crippen LogP contribution in [-0.4, -0.2) is 30.7 Å². The number of rotatable bonds is 3. The molecule has 0 spiro atoms. The Balaban J connectivity index is 1.90. The van der Waals surface area contributed by atoms with E-state index < -0.39 is 10.0 Å². The molecule has 1 fully saturated rings. The first-order valence-electron chi connectivity index (χ1n) is 7.09. The Kier molecular flexibility index (Phi) is 3.93. The van der Waals surface area contributed by atoms with Crippen LogP contribution in [0.3, 0.4) is 0 Å². The Morgan fingerprint density at radius 1 is 1.14 bits per heavy atom. The van der Waals surface area contributed by atoms with E-state index in [9.17, 15) is 13.5 Å². The summed E-state index contributed by atoms with van der Waals surface area (Å²) < 4.78 is 28.0. The fourth-order valence-corrected chi connectivity index (χ4v) is 4.34. The van der Waals surface area contributed by atoms with E-state index in [1.807, 2.05) is 6.07 Å². The molecule has 0 bridgehead atoms. The van der Waals surface area contributed by atoms with Crippen molar-refractivity contribution in [3.8, 4) is 0 Å². The lowest BCUT2D eigenvalue weighted by molar-refractivity contribution is 0.120. The van der Waals surface area contributed by atoms with E-state index in [4.69, 9.17) is 0 Å². The Hall–Kier alpha value is -1.50. The Labute approximate surface area is 124 Å². The quantitative estimate of drug-likeness (QED) is 0.906. The van der Waals surface area contributed by atoms with Gasteiger partial charge in [-0.15, -0.1) is 0 Å². The SMILES string of the molecule is O=S(=O)(NC1CCC(O)CC1)c1cccc2cnccc12. The highest BCUT2D eigenvalue weighted by Gasteiger charge is 2.25. The first kappa shape index (κ1) is 14.4. The van der Waals surface area contributed by atoms with Crippen molar-refractivity contribution >= 4 is 20.8 Å². The zero-order chi connectivity index (χ0) is 14.9. The third-order valence-corrected chi connectivity index (χ3v) is 5.53. The van der Waals surface area contributed by atoms with Crippen LogP contribution in [0.25, 0.3) is 10.8 Å². The number of aliphatic hydroxyl groups is 1. The fraction of sp³-hybridized carbons (Fsp3) is 0.400. The number of benzene rings is 1. The van der Waals surface area contributed by atoms with Crippen LogP contribution < -0.4 is 4.72 Å². The number of hydrogen-bond acceptors (Lipinski definition) is 4. The van der Waals surface area contributed by atoms with Crippen LogP contribution in [0.15, 0.2) is 41.6 Å². The number of nitrogens with zero attached hydrogens (tertiary/aromatic N) is 1. The lowest BCUT2D eigenvalue weighted by Crippen LogP contribution is -2.38. The molecule has 2 N–H and O–H groups in total. The molecule has 2 aromatic rings. The van der Waals surface area contributed by atoms with Crippen LogP contribution in [0.2, 0.25) is 0 Å². The highest BCUT2D eigenvalue weighted by molar-refractivity contribution is 7.89. The summed E-state index contributed by atoms with van der Waals surface area (Å²) in [6.45, 7) is 0. The van der Waals surface area contributed by atoms with Gasteiger partial charge in [0.15, 0.2) is 0 Å². The maximum absolute atomic E-state index is 12.6. The van der Waals surface area contributed by atoms with E-state index in [2.05, 4.69) is 9.71 Å².